The van der Waals surface area contributed by atoms with E-state index in [1.807, 2.05) is 38.3 Å². The van der Waals surface area contributed by atoms with Gasteiger partial charge in [0.1, 0.15) is 0 Å². The smallest absolute Gasteiger partial charge is 0.416 e. The number of hydrogen-bond acceptors (Lipinski definition) is 2. The molecule has 2 aliphatic rings. The Balaban J connectivity index is 1.75. The first-order valence-electron chi connectivity index (χ1n) is 13.2. The second-order valence-corrected chi connectivity index (χ2v) is 11.9. The summed E-state index contributed by atoms with van der Waals surface area (Å²) in [4.78, 5) is 24.4. The fourth-order valence-electron chi connectivity index (χ4n) is 5.55. The molecule has 0 radical (unpaired) electrons. The Morgan fingerprint density at radius 1 is 1.00 bits per heavy atom. The summed E-state index contributed by atoms with van der Waals surface area (Å²) in [6.07, 6.45) is 1.88. The largest absolute Gasteiger partial charge is 0.481 e. The van der Waals surface area contributed by atoms with E-state index in [2.05, 4.69) is 5.32 Å². The minimum Gasteiger partial charge on any atom is -0.481 e. The summed E-state index contributed by atoms with van der Waals surface area (Å²) in [6.45, 7) is 8.17. The van der Waals surface area contributed by atoms with Crippen molar-refractivity contribution in [3.63, 3.8) is 0 Å². The summed E-state index contributed by atoms with van der Waals surface area (Å²) >= 11 is 0. The SMILES string of the molecule is Cc1c(C(=O)NC2CC(C(=O)O)C2)cc(-c2cc(C(C)(C)C)cc(C(F)(F)F)c2)n1CC1CCCCC1. The molecule has 1 aromatic heterocycles. The van der Waals surface area contributed by atoms with E-state index in [4.69, 9.17) is 5.11 Å². The Hall–Kier alpha value is -2.77. The van der Waals surface area contributed by atoms with Crippen molar-refractivity contribution >= 4 is 11.9 Å². The fourth-order valence-corrected chi connectivity index (χ4v) is 5.55. The lowest BCUT2D eigenvalue weighted by Gasteiger charge is -2.32. The van der Waals surface area contributed by atoms with Gasteiger partial charge < -0.3 is 15.0 Å². The van der Waals surface area contributed by atoms with Crippen molar-refractivity contribution in [3.05, 3.63) is 46.6 Å². The summed E-state index contributed by atoms with van der Waals surface area (Å²) in [5.74, 6) is -1.20. The van der Waals surface area contributed by atoms with E-state index in [1.54, 1.807) is 6.07 Å². The van der Waals surface area contributed by atoms with Crippen LogP contribution >= 0.6 is 0 Å². The predicted octanol–water partition coefficient (Wildman–Crippen LogP) is 6.95. The van der Waals surface area contributed by atoms with Crippen molar-refractivity contribution in [2.24, 2.45) is 11.8 Å². The zero-order valence-corrected chi connectivity index (χ0v) is 22.0. The molecule has 2 N–H and O–H groups in total. The Morgan fingerprint density at radius 3 is 2.19 bits per heavy atom. The number of halogens is 3. The predicted molar refractivity (Wildman–Crippen MR) is 136 cm³/mol. The third-order valence-electron chi connectivity index (χ3n) is 8.02. The monoisotopic (exact) mass is 518 g/mol. The van der Waals surface area contributed by atoms with Crippen molar-refractivity contribution in [2.45, 2.75) is 96.8 Å². The summed E-state index contributed by atoms with van der Waals surface area (Å²) < 4.78 is 43.7. The van der Waals surface area contributed by atoms with Crippen LogP contribution in [0.4, 0.5) is 13.2 Å². The van der Waals surface area contributed by atoms with Gasteiger partial charge >= 0.3 is 12.1 Å². The van der Waals surface area contributed by atoms with E-state index in [0.717, 1.165) is 31.4 Å². The van der Waals surface area contributed by atoms with Crippen LogP contribution in [0, 0.1) is 18.8 Å². The number of carbonyl (C=O) groups excluding carboxylic acids is 1. The lowest BCUT2D eigenvalue weighted by Crippen LogP contribution is -2.46. The summed E-state index contributed by atoms with van der Waals surface area (Å²) in [5.41, 5.74) is 1.62. The zero-order valence-electron chi connectivity index (χ0n) is 22.0. The number of carboxylic acid groups (broad SMARTS) is 1. The first-order chi connectivity index (χ1) is 17.2. The average molecular weight is 519 g/mol. The molecule has 202 valence electrons. The Bertz CT molecular complexity index is 1130. The Kier molecular flexibility index (Phi) is 7.50. The number of nitrogens with one attached hydrogen (secondary N) is 1. The number of aromatic nitrogens is 1. The molecular weight excluding hydrogens is 481 g/mol. The van der Waals surface area contributed by atoms with Crippen LogP contribution in [-0.2, 0) is 22.9 Å². The molecule has 0 aliphatic heterocycles. The van der Waals surface area contributed by atoms with Gasteiger partial charge in [-0.25, -0.2) is 0 Å². The number of amides is 1. The zero-order chi connectivity index (χ0) is 27.1. The topological polar surface area (TPSA) is 71.3 Å². The maximum Gasteiger partial charge on any atom is 0.416 e. The van der Waals surface area contributed by atoms with E-state index in [0.29, 0.717) is 47.7 Å². The van der Waals surface area contributed by atoms with Crippen LogP contribution in [0.5, 0.6) is 0 Å². The van der Waals surface area contributed by atoms with Crippen LogP contribution in [-0.4, -0.2) is 27.6 Å². The number of rotatable bonds is 6. The second kappa shape index (κ2) is 10.2. The average Bonchev–Trinajstić information content (AvgIpc) is 3.11. The highest BCUT2D eigenvalue weighted by Gasteiger charge is 2.36. The number of benzene rings is 1. The van der Waals surface area contributed by atoms with Crippen molar-refractivity contribution in [1.82, 2.24) is 9.88 Å². The van der Waals surface area contributed by atoms with Crippen molar-refractivity contribution in [1.29, 1.82) is 0 Å². The molecule has 0 bridgehead atoms. The molecule has 1 amide bonds. The highest BCUT2D eigenvalue weighted by atomic mass is 19.4. The van der Waals surface area contributed by atoms with Gasteiger partial charge in [-0.2, -0.15) is 13.2 Å². The number of nitrogens with zero attached hydrogens (tertiary/aromatic N) is 1. The van der Waals surface area contributed by atoms with Crippen LogP contribution in [0.25, 0.3) is 11.3 Å². The van der Waals surface area contributed by atoms with Crippen molar-refractivity contribution in [3.8, 4) is 11.3 Å². The number of carboxylic acids is 1. The molecule has 0 spiro atoms. The van der Waals surface area contributed by atoms with Crippen LogP contribution < -0.4 is 5.32 Å². The summed E-state index contributed by atoms with van der Waals surface area (Å²) in [6, 6.07) is 5.72. The van der Waals surface area contributed by atoms with Gasteiger partial charge in [0, 0.05) is 24.0 Å². The van der Waals surface area contributed by atoms with Gasteiger partial charge in [0.15, 0.2) is 0 Å². The van der Waals surface area contributed by atoms with Crippen LogP contribution in [0.1, 0.15) is 92.9 Å². The highest BCUT2D eigenvalue weighted by Crippen LogP contribution is 2.39. The number of aliphatic carboxylic acids is 1. The number of carbonyl (C=O) groups is 2. The molecule has 1 aromatic carbocycles. The maximum absolute atomic E-state index is 13.9. The molecular formula is C29H37F3N2O3. The molecule has 2 aliphatic carbocycles. The van der Waals surface area contributed by atoms with Gasteiger partial charge in [-0.3, -0.25) is 9.59 Å². The molecule has 2 saturated carbocycles. The molecule has 8 heteroatoms. The molecule has 4 rings (SSSR count). The molecule has 0 atom stereocenters. The number of hydrogen-bond donors (Lipinski definition) is 2. The first kappa shape index (κ1) is 27.3. The molecule has 0 saturated heterocycles. The third-order valence-corrected chi connectivity index (χ3v) is 8.02. The molecule has 2 fully saturated rings. The normalized spacial score (nSPS) is 20.9. The van der Waals surface area contributed by atoms with E-state index in [9.17, 15) is 22.8 Å². The minimum atomic E-state index is -4.49. The Labute approximate surface area is 216 Å². The van der Waals surface area contributed by atoms with Gasteiger partial charge in [0.05, 0.1) is 17.0 Å². The van der Waals surface area contributed by atoms with Crippen LogP contribution in [0.2, 0.25) is 0 Å². The molecule has 2 aromatic rings. The highest BCUT2D eigenvalue weighted by molar-refractivity contribution is 5.97. The van der Waals surface area contributed by atoms with Crippen molar-refractivity contribution < 1.29 is 27.9 Å². The number of alkyl halides is 3. The third kappa shape index (κ3) is 6.04. The first-order valence-corrected chi connectivity index (χ1v) is 13.2. The lowest BCUT2D eigenvalue weighted by atomic mass is 9.80. The second-order valence-electron chi connectivity index (χ2n) is 11.9. The molecule has 5 nitrogen and oxygen atoms in total. The van der Waals surface area contributed by atoms with Crippen LogP contribution in [0.15, 0.2) is 24.3 Å². The summed E-state index contributed by atoms with van der Waals surface area (Å²) in [5, 5.41) is 12.1. The van der Waals surface area contributed by atoms with Crippen molar-refractivity contribution in [2.75, 3.05) is 0 Å². The molecule has 1 heterocycles. The Morgan fingerprint density at radius 2 is 1.62 bits per heavy atom. The maximum atomic E-state index is 13.9. The lowest BCUT2D eigenvalue weighted by molar-refractivity contribution is -0.145. The van der Waals surface area contributed by atoms with E-state index in [1.165, 1.54) is 18.6 Å². The van der Waals surface area contributed by atoms with Crippen LogP contribution in [0.3, 0.4) is 0 Å². The van der Waals surface area contributed by atoms with E-state index >= 15 is 0 Å². The summed E-state index contributed by atoms with van der Waals surface area (Å²) in [7, 11) is 0. The van der Waals surface area contributed by atoms with Gasteiger partial charge in [-0.05, 0) is 79.3 Å². The van der Waals surface area contributed by atoms with Gasteiger partial charge in [0.25, 0.3) is 5.91 Å². The molecule has 37 heavy (non-hydrogen) atoms. The van der Waals surface area contributed by atoms with E-state index < -0.39 is 29.0 Å². The fraction of sp³-hybridized carbons (Fsp3) is 0.586. The standard InChI is InChI=1S/C29H37F3N2O3/c1-17-24(26(35)33-23-12-20(13-23)27(36)37)15-25(34(17)16-18-8-6-5-7-9-18)19-10-21(28(2,3)4)14-22(11-19)29(30,31)32/h10-11,14-15,18,20,23H,5-9,12-13,16H2,1-4H3,(H,33,35)(H,36,37). The van der Waals surface area contributed by atoms with E-state index in [-0.39, 0.29) is 11.9 Å². The quantitative estimate of drug-likeness (QED) is 0.435. The van der Waals surface area contributed by atoms with Gasteiger partial charge in [-0.1, -0.05) is 40.0 Å². The molecule has 0 unspecified atom stereocenters. The van der Waals surface area contributed by atoms with Gasteiger partial charge in [-0.15, -0.1) is 0 Å². The van der Waals surface area contributed by atoms with Gasteiger partial charge in [0.2, 0.25) is 0 Å². The minimum absolute atomic E-state index is 0.209.